The van der Waals surface area contributed by atoms with E-state index in [0.29, 0.717) is 16.9 Å². The molecule has 3 heterocycles. The molecule has 26 heavy (non-hydrogen) atoms. The first-order valence-electron chi connectivity index (χ1n) is 8.95. The first-order valence-corrected chi connectivity index (χ1v) is 8.95. The number of morpholine rings is 1. The van der Waals surface area contributed by atoms with Gasteiger partial charge in [0, 0.05) is 37.3 Å². The molecule has 4 rings (SSSR count). The minimum absolute atomic E-state index is 0.276. The van der Waals surface area contributed by atoms with Gasteiger partial charge < -0.3 is 10.1 Å². The van der Waals surface area contributed by atoms with E-state index in [4.69, 9.17) is 4.74 Å². The Morgan fingerprint density at radius 2 is 2.00 bits per heavy atom. The zero-order valence-electron chi connectivity index (χ0n) is 14.6. The van der Waals surface area contributed by atoms with Crippen LogP contribution in [-0.2, 0) is 4.74 Å². The highest BCUT2D eigenvalue weighted by Crippen LogP contribution is 2.24. The number of benzene rings is 1. The standard InChI is InChI=1S/C19H22FN5O/c20-16-5-2-1-4-15(16)17-14-19(25-18(23-17)6-8-22-25)21-7-3-9-24-10-12-26-13-11-24/h1-2,4-6,8,14,21H,3,7,9-13H2. The molecule has 3 aromatic rings. The summed E-state index contributed by atoms with van der Waals surface area (Å²) in [6.45, 7) is 5.47. The van der Waals surface area contributed by atoms with Crippen molar-refractivity contribution in [3.8, 4) is 11.3 Å². The molecule has 0 amide bonds. The number of hydrogen-bond acceptors (Lipinski definition) is 5. The minimum atomic E-state index is -0.276. The maximum absolute atomic E-state index is 14.1. The number of rotatable bonds is 6. The van der Waals surface area contributed by atoms with E-state index in [9.17, 15) is 4.39 Å². The van der Waals surface area contributed by atoms with Crippen LogP contribution >= 0.6 is 0 Å². The van der Waals surface area contributed by atoms with E-state index >= 15 is 0 Å². The fourth-order valence-corrected chi connectivity index (χ4v) is 3.19. The summed E-state index contributed by atoms with van der Waals surface area (Å²) in [7, 11) is 0. The van der Waals surface area contributed by atoms with Crippen LogP contribution in [0.3, 0.4) is 0 Å². The monoisotopic (exact) mass is 355 g/mol. The number of nitrogens with one attached hydrogen (secondary N) is 1. The van der Waals surface area contributed by atoms with Crippen molar-refractivity contribution in [2.45, 2.75) is 6.42 Å². The average molecular weight is 355 g/mol. The summed E-state index contributed by atoms with van der Waals surface area (Å²) in [6, 6.07) is 10.4. The van der Waals surface area contributed by atoms with Crippen molar-refractivity contribution in [2.24, 2.45) is 0 Å². The van der Waals surface area contributed by atoms with Gasteiger partial charge in [-0.15, -0.1) is 0 Å². The van der Waals surface area contributed by atoms with Gasteiger partial charge in [-0.25, -0.2) is 9.37 Å². The Balaban J connectivity index is 1.49. The predicted molar refractivity (Wildman–Crippen MR) is 98.7 cm³/mol. The molecule has 0 saturated carbocycles. The third kappa shape index (κ3) is 3.68. The second kappa shape index (κ2) is 7.80. The molecule has 0 bridgehead atoms. The van der Waals surface area contributed by atoms with Gasteiger partial charge in [-0.05, 0) is 25.1 Å². The molecule has 1 fully saturated rings. The van der Waals surface area contributed by atoms with Crippen LogP contribution in [0.25, 0.3) is 16.9 Å². The number of nitrogens with zero attached hydrogens (tertiary/aromatic N) is 4. The van der Waals surface area contributed by atoms with E-state index in [1.54, 1.807) is 22.8 Å². The molecular weight excluding hydrogens is 333 g/mol. The molecule has 1 aromatic carbocycles. The Morgan fingerprint density at radius 1 is 1.15 bits per heavy atom. The molecule has 0 unspecified atom stereocenters. The van der Waals surface area contributed by atoms with Crippen LogP contribution in [0.4, 0.5) is 10.2 Å². The van der Waals surface area contributed by atoms with Crippen molar-refractivity contribution in [1.29, 1.82) is 0 Å². The highest BCUT2D eigenvalue weighted by atomic mass is 19.1. The topological polar surface area (TPSA) is 54.7 Å². The number of hydrogen-bond donors (Lipinski definition) is 1. The van der Waals surface area contributed by atoms with E-state index < -0.39 is 0 Å². The maximum atomic E-state index is 14.1. The molecule has 7 heteroatoms. The molecule has 0 spiro atoms. The van der Waals surface area contributed by atoms with Gasteiger partial charge in [-0.3, -0.25) is 4.90 Å². The molecule has 0 radical (unpaired) electrons. The molecule has 1 N–H and O–H groups in total. The van der Waals surface area contributed by atoms with E-state index in [-0.39, 0.29) is 5.82 Å². The van der Waals surface area contributed by atoms with E-state index in [1.807, 2.05) is 18.2 Å². The SMILES string of the molecule is Fc1ccccc1-c1cc(NCCCN2CCOCC2)n2nccc2n1. The summed E-state index contributed by atoms with van der Waals surface area (Å²) in [5, 5.41) is 7.74. The lowest BCUT2D eigenvalue weighted by Crippen LogP contribution is -2.37. The highest BCUT2D eigenvalue weighted by molar-refractivity contribution is 5.66. The Morgan fingerprint density at radius 3 is 2.85 bits per heavy atom. The van der Waals surface area contributed by atoms with Crippen molar-refractivity contribution in [3.05, 3.63) is 48.4 Å². The molecule has 0 aliphatic carbocycles. The Labute approximate surface area is 151 Å². The summed E-state index contributed by atoms with van der Waals surface area (Å²) in [6.07, 6.45) is 2.71. The molecule has 1 aliphatic rings. The van der Waals surface area contributed by atoms with Gasteiger partial charge in [0.15, 0.2) is 5.65 Å². The van der Waals surface area contributed by atoms with Crippen LogP contribution in [0.5, 0.6) is 0 Å². The summed E-state index contributed by atoms with van der Waals surface area (Å²) >= 11 is 0. The fourth-order valence-electron chi connectivity index (χ4n) is 3.19. The predicted octanol–water partition coefficient (Wildman–Crippen LogP) is 2.67. The highest BCUT2D eigenvalue weighted by Gasteiger charge is 2.12. The fraction of sp³-hybridized carbons (Fsp3) is 0.368. The van der Waals surface area contributed by atoms with E-state index in [2.05, 4.69) is 20.3 Å². The van der Waals surface area contributed by atoms with Crippen molar-refractivity contribution >= 4 is 11.5 Å². The molecular formula is C19H22FN5O. The smallest absolute Gasteiger partial charge is 0.157 e. The Kier molecular flexibility index (Phi) is 5.08. The van der Waals surface area contributed by atoms with Crippen LogP contribution < -0.4 is 5.32 Å². The van der Waals surface area contributed by atoms with Gasteiger partial charge >= 0.3 is 0 Å². The summed E-state index contributed by atoms with van der Waals surface area (Å²) in [5.41, 5.74) is 1.79. The van der Waals surface area contributed by atoms with Gasteiger partial charge in [-0.2, -0.15) is 9.61 Å². The van der Waals surface area contributed by atoms with Crippen molar-refractivity contribution in [3.63, 3.8) is 0 Å². The lowest BCUT2D eigenvalue weighted by molar-refractivity contribution is 0.0378. The molecule has 1 saturated heterocycles. The third-order valence-electron chi connectivity index (χ3n) is 4.57. The van der Waals surface area contributed by atoms with Gasteiger partial charge in [-0.1, -0.05) is 12.1 Å². The van der Waals surface area contributed by atoms with Gasteiger partial charge in [0.25, 0.3) is 0 Å². The number of aromatic nitrogens is 3. The normalized spacial score (nSPS) is 15.4. The summed E-state index contributed by atoms with van der Waals surface area (Å²) in [5.74, 6) is 0.544. The van der Waals surface area contributed by atoms with Gasteiger partial charge in [0.2, 0.25) is 0 Å². The van der Waals surface area contributed by atoms with Crippen molar-refractivity contribution < 1.29 is 9.13 Å². The third-order valence-corrected chi connectivity index (χ3v) is 4.57. The zero-order valence-corrected chi connectivity index (χ0v) is 14.6. The first kappa shape index (κ1) is 16.9. The van der Waals surface area contributed by atoms with E-state index in [0.717, 1.165) is 51.6 Å². The lowest BCUT2D eigenvalue weighted by atomic mass is 10.1. The lowest BCUT2D eigenvalue weighted by Gasteiger charge is -2.26. The van der Waals surface area contributed by atoms with Crippen LogP contribution in [0.15, 0.2) is 42.6 Å². The largest absolute Gasteiger partial charge is 0.379 e. The maximum Gasteiger partial charge on any atom is 0.157 e. The quantitative estimate of drug-likeness (QED) is 0.689. The number of ether oxygens (including phenoxy) is 1. The van der Waals surface area contributed by atoms with Crippen LogP contribution in [0.2, 0.25) is 0 Å². The Hall–Kier alpha value is -2.51. The Bertz CT molecular complexity index is 875. The zero-order chi connectivity index (χ0) is 17.8. The average Bonchev–Trinajstić information content (AvgIpc) is 3.15. The second-order valence-electron chi connectivity index (χ2n) is 6.34. The number of halogens is 1. The van der Waals surface area contributed by atoms with Crippen LogP contribution in [0, 0.1) is 5.82 Å². The van der Waals surface area contributed by atoms with Gasteiger partial charge in [0.1, 0.15) is 11.6 Å². The molecule has 2 aromatic heterocycles. The molecule has 0 atom stereocenters. The molecule has 6 nitrogen and oxygen atoms in total. The summed E-state index contributed by atoms with van der Waals surface area (Å²) in [4.78, 5) is 6.94. The van der Waals surface area contributed by atoms with E-state index in [1.165, 1.54) is 6.07 Å². The molecule has 1 aliphatic heterocycles. The van der Waals surface area contributed by atoms with Crippen molar-refractivity contribution in [2.75, 3.05) is 44.7 Å². The van der Waals surface area contributed by atoms with Crippen molar-refractivity contribution in [1.82, 2.24) is 19.5 Å². The number of anilines is 1. The van der Waals surface area contributed by atoms with Crippen LogP contribution in [-0.4, -0.2) is 58.9 Å². The second-order valence-corrected chi connectivity index (χ2v) is 6.34. The van der Waals surface area contributed by atoms with Gasteiger partial charge in [0.05, 0.1) is 25.1 Å². The first-order chi connectivity index (χ1) is 12.8. The van der Waals surface area contributed by atoms with Crippen LogP contribution in [0.1, 0.15) is 6.42 Å². The molecule has 136 valence electrons. The number of fused-ring (bicyclic) bond motifs is 1. The minimum Gasteiger partial charge on any atom is -0.379 e. The summed E-state index contributed by atoms with van der Waals surface area (Å²) < 4.78 is 21.3.